The maximum atomic E-state index is 14.4. The third kappa shape index (κ3) is 4.96. The summed E-state index contributed by atoms with van der Waals surface area (Å²) in [6.07, 6.45) is 7.44. The highest BCUT2D eigenvalue weighted by atomic mass is 32.2. The largest absolute Gasteiger partial charge is 0.493 e. The Morgan fingerprint density at radius 1 is 1.19 bits per heavy atom. The molecule has 2 fully saturated rings. The number of hydrogen-bond donors (Lipinski definition) is 1. The van der Waals surface area contributed by atoms with Gasteiger partial charge in [-0.1, -0.05) is 19.8 Å². The number of nitrogens with one attached hydrogen (secondary N) is 1. The van der Waals surface area contributed by atoms with Crippen molar-refractivity contribution in [1.29, 1.82) is 0 Å². The Bertz CT molecular complexity index is 781. The van der Waals surface area contributed by atoms with Crippen molar-refractivity contribution in [3.8, 4) is 5.75 Å². The Balaban J connectivity index is 1.76. The molecular weight excluding hydrogens is 357 g/mol. The summed E-state index contributed by atoms with van der Waals surface area (Å²) in [5, 5.41) is 0. The van der Waals surface area contributed by atoms with Crippen LogP contribution in [0.15, 0.2) is 12.1 Å². The van der Waals surface area contributed by atoms with Crippen LogP contribution < -0.4 is 9.46 Å². The molecule has 0 heterocycles. The van der Waals surface area contributed by atoms with E-state index in [0.29, 0.717) is 18.3 Å². The average molecular weight is 383 g/mol. The van der Waals surface area contributed by atoms with E-state index in [-0.39, 0.29) is 11.5 Å². The van der Waals surface area contributed by atoms with Crippen molar-refractivity contribution in [2.75, 3.05) is 12.9 Å². The van der Waals surface area contributed by atoms with Crippen LogP contribution in [-0.4, -0.2) is 27.2 Å². The first-order valence-corrected chi connectivity index (χ1v) is 11.1. The van der Waals surface area contributed by atoms with Gasteiger partial charge in [-0.15, -0.1) is 0 Å². The first kappa shape index (κ1) is 19.1. The van der Waals surface area contributed by atoms with E-state index in [4.69, 9.17) is 4.74 Å². The lowest BCUT2D eigenvalue weighted by atomic mass is 9.83. The van der Waals surface area contributed by atoms with Gasteiger partial charge in [-0.05, 0) is 55.1 Å². The number of ether oxygens (including phenoxy) is 1. The molecule has 0 unspecified atom stereocenters. The second-order valence-electron chi connectivity index (χ2n) is 7.78. The van der Waals surface area contributed by atoms with Gasteiger partial charge in [0.2, 0.25) is 10.0 Å². The van der Waals surface area contributed by atoms with Gasteiger partial charge in [0.1, 0.15) is 11.6 Å². The fourth-order valence-electron chi connectivity index (χ4n) is 3.51. The molecule has 144 valence electrons. The quantitative estimate of drug-likeness (QED) is 0.815. The van der Waals surface area contributed by atoms with E-state index in [0.717, 1.165) is 43.4 Å². The van der Waals surface area contributed by atoms with Crippen molar-refractivity contribution in [3.63, 3.8) is 0 Å². The van der Waals surface area contributed by atoms with Crippen molar-refractivity contribution in [2.45, 2.75) is 51.4 Å². The SMILES string of the molecule is CS(=O)(=O)NC(=O)c1cc(C2CC2)c(OC[C@H]2CC[C@H](C)CC2)cc1F. The van der Waals surface area contributed by atoms with E-state index >= 15 is 0 Å². The van der Waals surface area contributed by atoms with E-state index in [1.165, 1.54) is 25.0 Å². The first-order chi connectivity index (χ1) is 12.2. The minimum absolute atomic E-state index is 0.252. The number of carbonyl (C=O) groups is 1. The Morgan fingerprint density at radius 2 is 1.85 bits per heavy atom. The molecule has 7 heteroatoms. The predicted molar refractivity (Wildman–Crippen MR) is 97.3 cm³/mol. The van der Waals surface area contributed by atoms with Crippen molar-refractivity contribution < 1.29 is 22.3 Å². The fourth-order valence-corrected chi connectivity index (χ4v) is 3.96. The summed E-state index contributed by atoms with van der Waals surface area (Å²) in [6, 6.07) is 2.68. The molecular formula is C19H26FNO4S. The summed E-state index contributed by atoms with van der Waals surface area (Å²) < 4.78 is 44.7. The van der Waals surface area contributed by atoms with Gasteiger partial charge in [0.25, 0.3) is 5.91 Å². The van der Waals surface area contributed by atoms with Gasteiger partial charge in [-0.3, -0.25) is 4.79 Å². The van der Waals surface area contributed by atoms with Crippen LogP contribution >= 0.6 is 0 Å². The molecule has 0 bridgehead atoms. The monoisotopic (exact) mass is 383 g/mol. The zero-order valence-electron chi connectivity index (χ0n) is 15.3. The van der Waals surface area contributed by atoms with Crippen molar-refractivity contribution in [2.24, 2.45) is 11.8 Å². The van der Waals surface area contributed by atoms with Gasteiger partial charge in [0, 0.05) is 6.07 Å². The van der Waals surface area contributed by atoms with Gasteiger partial charge in [0.15, 0.2) is 0 Å². The van der Waals surface area contributed by atoms with E-state index < -0.39 is 21.7 Å². The lowest BCUT2D eigenvalue weighted by Crippen LogP contribution is -2.30. The van der Waals surface area contributed by atoms with Crippen LogP contribution in [0.3, 0.4) is 0 Å². The Labute approximate surface area is 154 Å². The number of amides is 1. The van der Waals surface area contributed by atoms with Crippen LogP contribution in [0.4, 0.5) is 4.39 Å². The highest BCUT2D eigenvalue weighted by Crippen LogP contribution is 2.45. The van der Waals surface area contributed by atoms with E-state index in [1.54, 1.807) is 0 Å². The Kier molecular flexibility index (Phi) is 5.55. The number of hydrogen-bond acceptors (Lipinski definition) is 4. The molecule has 2 aliphatic carbocycles. The smallest absolute Gasteiger partial charge is 0.267 e. The highest BCUT2D eigenvalue weighted by Gasteiger charge is 2.30. The van der Waals surface area contributed by atoms with Crippen molar-refractivity contribution in [3.05, 3.63) is 29.1 Å². The molecule has 0 saturated heterocycles. The molecule has 0 atom stereocenters. The van der Waals surface area contributed by atoms with Gasteiger partial charge in [0.05, 0.1) is 18.4 Å². The van der Waals surface area contributed by atoms with E-state index in [2.05, 4.69) is 6.92 Å². The summed E-state index contributed by atoms with van der Waals surface area (Å²) in [5.41, 5.74) is 0.547. The van der Waals surface area contributed by atoms with Gasteiger partial charge < -0.3 is 4.74 Å². The lowest BCUT2D eigenvalue weighted by Gasteiger charge is -2.26. The predicted octanol–water partition coefficient (Wildman–Crippen LogP) is 3.60. The number of rotatable bonds is 6. The molecule has 1 aromatic rings. The summed E-state index contributed by atoms with van der Waals surface area (Å²) in [6.45, 7) is 2.82. The fraction of sp³-hybridized carbons (Fsp3) is 0.632. The highest BCUT2D eigenvalue weighted by molar-refractivity contribution is 7.89. The molecule has 0 aromatic heterocycles. The van der Waals surface area contributed by atoms with Crippen LogP contribution in [0.5, 0.6) is 5.75 Å². The van der Waals surface area contributed by atoms with Crippen LogP contribution in [0, 0.1) is 17.7 Å². The summed E-state index contributed by atoms with van der Waals surface area (Å²) in [7, 11) is -3.74. The van der Waals surface area contributed by atoms with Crippen LogP contribution in [0.1, 0.15) is 67.3 Å². The Hall–Kier alpha value is -1.63. The van der Waals surface area contributed by atoms with Crippen LogP contribution in [0.2, 0.25) is 0 Å². The third-order valence-corrected chi connectivity index (χ3v) is 5.81. The topological polar surface area (TPSA) is 72.5 Å². The van der Waals surface area contributed by atoms with Crippen molar-refractivity contribution >= 4 is 15.9 Å². The molecule has 1 aromatic carbocycles. The lowest BCUT2D eigenvalue weighted by molar-refractivity contribution is 0.0977. The maximum Gasteiger partial charge on any atom is 0.267 e. The molecule has 0 radical (unpaired) electrons. The third-order valence-electron chi connectivity index (χ3n) is 5.25. The summed E-state index contributed by atoms with van der Waals surface area (Å²) in [5.74, 6) is 0.275. The van der Waals surface area contributed by atoms with E-state index in [1.807, 2.05) is 4.72 Å². The van der Waals surface area contributed by atoms with Gasteiger partial charge >= 0.3 is 0 Å². The second kappa shape index (κ2) is 7.55. The number of halogens is 1. The van der Waals surface area contributed by atoms with Gasteiger partial charge in [-0.2, -0.15) is 0 Å². The van der Waals surface area contributed by atoms with E-state index in [9.17, 15) is 17.6 Å². The second-order valence-corrected chi connectivity index (χ2v) is 9.53. The molecule has 1 amide bonds. The summed E-state index contributed by atoms with van der Waals surface area (Å²) >= 11 is 0. The summed E-state index contributed by atoms with van der Waals surface area (Å²) in [4.78, 5) is 12.1. The first-order valence-electron chi connectivity index (χ1n) is 9.21. The zero-order valence-corrected chi connectivity index (χ0v) is 16.1. The average Bonchev–Trinajstić information content (AvgIpc) is 3.37. The molecule has 26 heavy (non-hydrogen) atoms. The molecule has 2 saturated carbocycles. The van der Waals surface area contributed by atoms with Crippen molar-refractivity contribution in [1.82, 2.24) is 4.72 Å². The molecule has 2 aliphatic rings. The normalized spacial score (nSPS) is 23.5. The van der Waals surface area contributed by atoms with Gasteiger partial charge in [-0.25, -0.2) is 17.5 Å². The van der Waals surface area contributed by atoms with Crippen LogP contribution in [-0.2, 0) is 10.0 Å². The minimum atomic E-state index is -3.74. The minimum Gasteiger partial charge on any atom is -0.493 e. The number of sulfonamides is 1. The molecule has 5 nitrogen and oxygen atoms in total. The molecule has 1 N–H and O–H groups in total. The Morgan fingerprint density at radius 3 is 2.42 bits per heavy atom. The molecule has 0 aliphatic heterocycles. The number of carbonyl (C=O) groups excluding carboxylic acids is 1. The standard InChI is InChI=1S/C19H26FNO4S/c1-12-3-5-13(6-4-12)11-25-18-10-17(20)16(9-15(18)14-7-8-14)19(22)21-26(2,23)24/h9-10,12-14H,3-8,11H2,1-2H3,(H,21,22)/t12-,13-. The number of benzene rings is 1. The molecule has 0 spiro atoms. The maximum absolute atomic E-state index is 14.4. The van der Waals surface area contributed by atoms with Crippen LogP contribution in [0.25, 0.3) is 0 Å². The zero-order chi connectivity index (χ0) is 18.9. The molecule has 3 rings (SSSR count).